The van der Waals surface area contributed by atoms with Crippen molar-refractivity contribution in [2.75, 3.05) is 48.3 Å². The van der Waals surface area contributed by atoms with Gasteiger partial charge in [0.2, 0.25) is 0 Å². The minimum absolute atomic E-state index is 0.241. The lowest BCUT2D eigenvalue weighted by atomic mass is 9.97. The molecule has 1 aromatic heterocycles. The van der Waals surface area contributed by atoms with Crippen molar-refractivity contribution >= 4 is 46.2 Å². The second-order valence-corrected chi connectivity index (χ2v) is 11.7. The molecule has 0 bridgehead atoms. The van der Waals surface area contributed by atoms with Gasteiger partial charge in [-0.2, -0.15) is 0 Å². The van der Waals surface area contributed by atoms with Gasteiger partial charge in [0.15, 0.2) is 16.8 Å². The largest absolute Gasteiger partial charge is 0.374 e. The molecule has 40 heavy (non-hydrogen) atoms. The van der Waals surface area contributed by atoms with Gasteiger partial charge < -0.3 is 15.5 Å². The van der Waals surface area contributed by atoms with Crippen LogP contribution in [0.3, 0.4) is 0 Å². The fraction of sp³-hybridized carbons (Fsp3) is 0.500. The lowest BCUT2D eigenvalue weighted by Gasteiger charge is -2.48. The van der Waals surface area contributed by atoms with Crippen LogP contribution >= 0.6 is 23.2 Å². The van der Waals surface area contributed by atoms with Crippen LogP contribution < -0.4 is 26.4 Å². The second kappa shape index (κ2) is 11.2. The lowest BCUT2D eigenvalue weighted by Crippen LogP contribution is -2.58. The van der Waals surface area contributed by atoms with Gasteiger partial charge in [0, 0.05) is 48.8 Å². The van der Waals surface area contributed by atoms with Crippen molar-refractivity contribution in [3.05, 3.63) is 65.9 Å². The third-order valence-electron chi connectivity index (χ3n) is 8.38. The molecule has 2 N–H and O–H groups in total. The summed E-state index contributed by atoms with van der Waals surface area (Å²) in [6.07, 6.45) is 4.19. The number of piperidine rings is 1. The molecule has 9 nitrogen and oxygen atoms in total. The van der Waals surface area contributed by atoms with Crippen molar-refractivity contribution in [3.63, 3.8) is 0 Å². The molecule has 0 radical (unpaired) electrons. The normalized spacial score (nSPS) is 20.5. The highest BCUT2D eigenvalue weighted by atomic mass is 35.5. The van der Waals surface area contributed by atoms with Crippen LogP contribution in [0, 0.1) is 5.82 Å². The summed E-state index contributed by atoms with van der Waals surface area (Å²) in [5, 5.41) is 6.72. The Bertz CT molecular complexity index is 1490. The summed E-state index contributed by atoms with van der Waals surface area (Å²) in [5.74, 6) is 0.803. The van der Waals surface area contributed by atoms with Gasteiger partial charge in [-0.25, -0.2) is 14.4 Å². The molecule has 2 saturated heterocycles. The molecule has 3 aromatic rings. The molecule has 6 rings (SSSR count). The first-order chi connectivity index (χ1) is 19.3. The molecule has 0 aliphatic carbocycles. The van der Waals surface area contributed by atoms with Crippen LogP contribution in [0.4, 0.5) is 27.4 Å². The molecule has 12 heteroatoms. The maximum atomic E-state index is 14.3. The third-order valence-corrected chi connectivity index (χ3v) is 8.87. The SMILES string of the molecule is CCC[C@H]1CN(c2nc3c(nc2Cl)CNc2c(c(=O)c2=O)N3)CCN1C1CCN(Cc2ccc(Cl)cc2F)CC1. The van der Waals surface area contributed by atoms with E-state index in [0.29, 0.717) is 51.7 Å². The average molecular weight is 589 g/mol. The number of fused-ring (bicyclic) bond motifs is 2. The van der Waals surface area contributed by atoms with Crippen molar-refractivity contribution in [1.82, 2.24) is 19.8 Å². The van der Waals surface area contributed by atoms with Crippen LogP contribution in [0.5, 0.6) is 0 Å². The smallest absolute Gasteiger partial charge is 0.253 e. The number of halogens is 3. The first-order valence-corrected chi connectivity index (χ1v) is 14.7. The number of aromatic nitrogens is 2. The van der Waals surface area contributed by atoms with Gasteiger partial charge in [-0.15, -0.1) is 0 Å². The summed E-state index contributed by atoms with van der Waals surface area (Å²) in [7, 11) is 0. The van der Waals surface area contributed by atoms with Crippen LogP contribution in [-0.2, 0) is 13.1 Å². The molecule has 4 heterocycles. The molecular weight excluding hydrogens is 556 g/mol. The van der Waals surface area contributed by atoms with E-state index in [9.17, 15) is 14.0 Å². The van der Waals surface area contributed by atoms with E-state index in [2.05, 4.69) is 37.2 Å². The fourth-order valence-corrected chi connectivity index (χ4v) is 6.69. The number of hydrogen-bond donors (Lipinski definition) is 2. The topological polar surface area (TPSA) is 93.7 Å². The van der Waals surface area contributed by atoms with Crippen LogP contribution in [0.25, 0.3) is 0 Å². The Morgan fingerprint density at radius 2 is 1.82 bits per heavy atom. The molecule has 3 aliphatic rings. The van der Waals surface area contributed by atoms with Crippen LogP contribution in [0.1, 0.15) is 43.9 Å². The van der Waals surface area contributed by atoms with Gasteiger partial charge in [-0.3, -0.25) is 19.4 Å². The number of benzene rings is 1. The average Bonchev–Trinajstić information content (AvgIpc) is 3.12. The first kappa shape index (κ1) is 27.4. The monoisotopic (exact) mass is 587 g/mol. The number of hydrogen-bond acceptors (Lipinski definition) is 9. The Hall–Kier alpha value is -2.79. The summed E-state index contributed by atoms with van der Waals surface area (Å²) < 4.78 is 14.3. The summed E-state index contributed by atoms with van der Waals surface area (Å²) in [5.41, 5.74) is 0.703. The molecule has 0 unspecified atom stereocenters. The molecule has 2 fully saturated rings. The van der Waals surface area contributed by atoms with Gasteiger partial charge in [-0.1, -0.05) is 42.6 Å². The zero-order chi connectivity index (χ0) is 28.0. The molecule has 212 valence electrons. The maximum Gasteiger partial charge on any atom is 0.253 e. The van der Waals surface area contributed by atoms with Crippen LogP contribution in [0.15, 0.2) is 27.8 Å². The van der Waals surface area contributed by atoms with Crippen LogP contribution in [-0.4, -0.2) is 64.6 Å². The van der Waals surface area contributed by atoms with Crippen molar-refractivity contribution in [1.29, 1.82) is 0 Å². The van der Waals surface area contributed by atoms with E-state index in [4.69, 9.17) is 28.2 Å². The Kier molecular flexibility index (Phi) is 7.69. The number of piperazine rings is 1. The van der Waals surface area contributed by atoms with Gasteiger partial charge in [0.25, 0.3) is 10.9 Å². The predicted molar refractivity (Wildman–Crippen MR) is 156 cm³/mol. The van der Waals surface area contributed by atoms with E-state index in [1.165, 1.54) is 6.07 Å². The highest BCUT2D eigenvalue weighted by Gasteiger charge is 2.35. The van der Waals surface area contributed by atoms with Gasteiger partial charge in [0.1, 0.15) is 22.9 Å². The molecule has 1 atom stereocenters. The second-order valence-electron chi connectivity index (χ2n) is 10.9. The zero-order valence-corrected chi connectivity index (χ0v) is 23.9. The number of likely N-dealkylation sites (tertiary alicyclic amines) is 1. The summed E-state index contributed by atoms with van der Waals surface area (Å²) in [6, 6.07) is 5.73. The van der Waals surface area contributed by atoms with Crippen molar-refractivity contribution in [2.45, 2.75) is 57.8 Å². The molecule has 0 amide bonds. The lowest BCUT2D eigenvalue weighted by molar-refractivity contribution is 0.0586. The number of nitrogens with zero attached hydrogens (tertiary/aromatic N) is 5. The Morgan fingerprint density at radius 3 is 2.58 bits per heavy atom. The Labute approximate surface area is 242 Å². The van der Waals surface area contributed by atoms with Crippen LogP contribution in [0.2, 0.25) is 10.2 Å². The minimum Gasteiger partial charge on any atom is -0.374 e. The van der Waals surface area contributed by atoms with Gasteiger partial charge in [0.05, 0.1) is 6.54 Å². The molecular formula is C28H32Cl2FN7O2. The summed E-state index contributed by atoms with van der Waals surface area (Å²) in [4.78, 5) is 40.4. The van der Waals surface area contributed by atoms with E-state index in [0.717, 1.165) is 58.4 Å². The van der Waals surface area contributed by atoms with E-state index >= 15 is 0 Å². The summed E-state index contributed by atoms with van der Waals surface area (Å²) >= 11 is 12.5. The standard InChI is InChI=1S/C28H32Cl2FN7O2/c1-2-3-19-15-37(28-26(30)33-21-13-32-22-23(25(40)24(22)39)34-27(21)35-28)10-11-38(19)18-6-8-36(9-7-18)14-16-4-5-17(29)12-20(16)31/h4-5,12,18-19,32H,2-3,6-11,13-15H2,1H3,(H,34,35)/t19-/m0/s1. The van der Waals surface area contributed by atoms with E-state index < -0.39 is 10.9 Å². The minimum atomic E-state index is -0.547. The van der Waals surface area contributed by atoms with Crippen molar-refractivity contribution < 1.29 is 4.39 Å². The molecule has 3 aliphatic heterocycles. The quantitative estimate of drug-likeness (QED) is 0.412. The van der Waals surface area contributed by atoms with Crippen molar-refractivity contribution in [2.24, 2.45) is 0 Å². The fourth-order valence-electron chi connectivity index (χ4n) is 6.27. The molecule has 0 saturated carbocycles. The van der Waals surface area contributed by atoms with E-state index in [-0.39, 0.29) is 23.7 Å². The maximum absolute atomic E-state index is 14.3. The van der Waals surface area contributed by atoms with E-state index in [1.807, 2.05) is 0 Å². The highest BCUT2D eigenvalue weighted by Crippen LogP contribution is 2.34. The molecule has 0 spiro atoms. The first-order valence-electron chi connectivity index (χ1n) is 13.9. The Balaban J connectivity index is 1.12. The number of nitrogens with one attached hydrogen (secondary N) is 2. The van der Waals surface area contributed by atoms with Gasteiger partial charge >= 0.3 is 0 Å². The highest BCUT2D eigenvalue weighted by molar-refractivity contribution is 6.31. The predicted octanol–water partition coefficient (Wildman–Crippen LogP) is 4.14. The molecule has 2 aromatic carbocycles. The number of anilines is 4. The third kappa shape index (κ3) is 5.18. The summed E-state index contributed by atoms with van der Waals surface area (Å²) in [6.45, 7) is 7.33. The van der Waals surface area contributed by atoms with Crippen molar-refractivity contribution in [3.8, 4) is 0 Å². The Morgan fingerprint density at radius 1 is 1.05 bits per heavy atom. The number of rotatable bonds is 6. The van der Waals surface area contributed by atoms with Gasteiger partial charge in [-0.05, 0) is 44.5 Å². The zero-order valence-electron chi connectivity index (χ0n) is 22.4. The van der Waals surface area contributed by atoms with E-state index in [1.54, 1.807) is 12.1 Å².